The molecule has 0 aliphatic heterocycles. The maximum Gasteiger partial charge on any atom is 0.146 e. The Morgan fingerprint density at radius 3 is 2.74 bits per heavy atom. The van der Waals surface area contributed by atoms with Gasteiger partial charge in [-0.15, -0.1) is 0 Å². The Balaban J connectivity index is 2.06. The molecule has 0 radical (unpaired) electrons. The zero-order chi connectivity index (χ0) is 13.8. The average Bonchev–Trinajstić information content (AvgIpc) is 3.17. The lowest BCUT2D eigenvalue weighted by Crippen LogP contribution is -2.24. The van der Waals surface area contributed by atoms with E-state index in [4.69, 9.17) is 0 Å². The highest BCUT2D eigenvalue weighted by molar-refractivity contribution is 5.54. The summed E-state index contributed by atoms with van der Waals surface area (Å²) in [6, 6.07) is 6.04. The van der Waals surface area contributed by atoms with Crippen LogP contribution in [0, 0.1) is 11.7 Å². The SMILES string of the molecule is CC(C)CCN(C)c1c(F)cccc1CNC1CC1. The first-order valence-electron chi connectivity index (χ1n) is 7.30. The van der Waals surface area contributed by atoms with Gasteiger partial charge in [-0.1, -0.05) is 26.0 Å². The smallest absolute Gasteiger partial charge is 0.146 e. The summed E-state index contributed by atoms with van der Waals surface area (Å²) in [5.41, 5.74) is 1.83. The highest BCUT2D eigenvalue weighted by atomic mass is 19.1. The fourth-order valence-corrected chi connectivity index (χ4v) is 2.24. The van der Waals surface area contributed by atoms with Crippen LogP contribution in [0.15, 0.2) is 18.2 Å². The van der Waals surface area contributed by atoms with Crippen LogP contribution in [-0.2, 0) is 6.54 Å². The van der Waals surface area contributed by atoms with Crippen LogP contribution >= 0.6 is 0 Å². The molecule has 1 aliphatic carbocycles. The number of nitrogens with one attached hydrogen (secondary N) is 1. The second-order valence-electron chi connectivity index (χ2n) is 6.01. The van der Waals surface area contributed by atoms with Crippen molar-refractivity contribution < 1.29 is 4.39 Å². The van der Waals surface area contributed by atoms with Crippen molar-refractivity contribution in [3.8, 4) is 0 Å². The molecule has 0 amide bonds. The molecular formula is C16H25FN2. The van der Waals surface area contributed by atoms with Crippen molar-refractivity contribution in [3.05, 3.63) is 29.6 Å². The van der Waals surface area contributed by atoms with Gasteiger partial charge in [0, 0.05) is 26.2 Å². The molecule has 1 fully saturated rings. The number of halogens is 1. The molecule has 1 aromatic rings. The third kappa shape index (κ3) is 4.20. The molecule has 106 valence electrons. The van der Waals surface area contributed by atoms with Crippen LogP contribution in [0.3, 0.4) is 0 Å². The van der Waals surface area contributed by atoms with E-state index < -0.39 is 0 Å². The summed E-state index contributed by atoms with van der Waals surface area (Å²) < 4.78 is 14.1. The first-order valence-corrected chi connectivity index (χ1v) is 7.30. The summed E-state index contributed by atoms with van der Waals surface area (Å²) in [6.45, 7) is 6.06. The van der Waals surface area contributed by atoms with Crippen LogP contribution in [0.4, 0.5) is 10.1 Å². The van der Waals surface area contributed by atoms with Crippen molar-refractivity contribution >= 4 is 5.69 Å². The van der Waals surface area contributed by atoms with Gasteiger partial charge in [-0.05, 0) is 36.8 Å². The summed E-state index contributed by atoms with van der Waals surface area (Å²) >= 11 is 0. The van der Waals surface area contributed by atoms with Gasteiger partial charge in [0.2, 0.25) is 0 Å². The number of hydrogen-bond donors (Lipinski definition) is 1. The highest BCUT2D eigenvalue weighted by Crippen LogP contribution is 2.26. The van der Waals surface area contributed by atoms with Gasteiger partial charge in [-0.2, -0.15) is 0 Å². The number of rotatable bonds is 7. The van der Waals surface area contributed by atoms with Gasteiger partial charge in [0.25, 0.3) is 0 Å². The minimum absolute atomic E-state index is 0.110. The predicted molar refractivity (Wildman–Crippen MR) is 79.0 cm³/mol. The Morgan fingerprint density at radius 1 is 1.37 bits per heavy atom. The van der Waals surface area contributed by atoms with Gasteiger partial charge in [0.1, 0.15) is 5.82 Å². The molecular weight excluding hydrogens is 239 g/mol. The average molecular weight is 264 g/mol. The monoisotopic (exact) mass is 264 g/mol. The lowest BCUT2D eigenvalue weighted by Gasteiger charge is -2.24. The molecule has 0 saturated heterocycles. The number of para-hydroxylation sites is 1. The van der Waals surface area contributed by atoms with Gasteiger partial charge >= 0.3 is 0 Å². The molecule has 0 heterocycles. The Labute approximate surface area is 116 Å². The molecule has 1 saturated carbocycles. The standard InChI is InChI=1S/C16H25FN2/c1-12(2)9-10-19(3)16-13(5-4-6-15(16)17)11-18-14-7-8-14/h4-6,12,14,18H,7-11H2,1-3H3. The molecule has 3 heteroatoms. The third-order valence-electron chi connectivity index (χ3n) is 3.65. The number of nitrogens with zero attached hydrogens (tertiary/aromatic N) is 1. The van der Waals surface area contributed by atoms with E-state index in [0.717, 1.165) is 30.8 Å². The molecule has 1 aromatic carbocycles. The highest BCUT2D eigenvalue weighted by Gasteiger charge is 2.21. The van der Waals surface area contributed by atoms with E-state index >= 15 is 0 Å². The molecule has 2 nitrogen and oxygen atoms in total. The molecule has 0 bridgehead atoms. The van der Waals surface area contributed by atoms with E-state index in [-0.39, 0.29) is 5.82 Å². The molecule has 19 heavy (non-hydrogen) atoms. The summed E-state index contributed by atoms with van der Waals surface area (Å²) in [5.74, 6) is 0.531. The quantitative estimate of drug-likeness (QED) is 0.810. The van der Waals surface area contributed by atoms with E-state index in [1.807, 2.05) is 13.1 Å². The second-order valence-corrected chi connectivity index (χ2v) is 6.01. The zero-order valence-corrected chi connectivity index (χ0v) is 12.2. The van der Waals surface area contributed by atoms with Crippen molar-refractivity contribution in [2.24, 2.45) is 5.92 Å². The van der Waals surface area contributed by atoms with Crippen LogP contribution in [0.5, 0.6) is 0 Å². The van der Waals surface area contributed by atoms with Crippen LogP contribution in [0.25, 0.3) is 0 Å². The van der Waals surface area contributed by atoms with E-state index in [1.165, 1.54) is 12.8 Å². The van der Waals surface area contributed by atoms with Crippen molar-refractivity contribution in [2.75, 3.05) is 18.5 Å². The van der Waals surface area contributed by atoms with E-state index in [1.54, 1.807) is 12.1 Å². The maximum atomic E-state index is 14.1. The summed E-state index contributed by atoms with van der Waals surface area (Å²) in [7, 11) is 1.99. The van der Waals surface area contributed by atoms with E-state index in [0.29, 0.717) is 12.0 Å². The first-order chi connectivity index (χ1) is 9.08. The van der Waals surface area contributed by atoms with E-state index in [2.05, 4.69) is 24.1 Å². The van der Waals surface area contributed by atoms with Crippen molar-refractivity contribution in [3.63, 3.8) is 0 Å². The maximum absolute atomic E-state index is 14.1. The predicted octanol–water partition coefficient (Wildman–Crippen LogP) is 3.56. The van der Waals surface area contributed by atoms with Gasteiger partial charge in [-0.25, -0.2) is 4.39 Å². The minimum atomic E-state index is -0.110. The number of benzene rings is 1. The summed E-state index contributed by atoms with van der Waals surface area (Å²) in [6.07, 6.45) is 3.60. The van der Waals surface area contributed by atoms with Gasteiger partial charge in [0.15, 0.2) is 0 Å². The number of hydrogen-bond acceptors (Lipinski definition) is 2. The molecule has 0 atom stereocenters. The Hall–Kier alpha value is -1.09. The minimum Gasteiger partial charge on any atom is -0.372 e. The zero-order valence-electron chi connectivity index (χ0n) is 12.2. The Morgan fingerprint density at radius 2 is 2.11 bits per heavy atom. The fourth-order valence-electron chi connectivity index (χ4n) is 2.24. The molecule has 0 aromatic heterocycles. The normalized spacial score (nSPS) is 15.0. The first kappa shape index (κ1) is 14.3. The lowest BCUT2D eigenvalue weighted by molar-refractivity contribution is 0.571. The second kappa shape index (κ2) is 6.38. The van der Waals surface area contributed by atoms with Crippen LogP contribution in [-0.4, -0.2) is 19.6 Å². The van der Waals surface area contributed by atoms with Crippen molar-refractivity contribution in [1.82, 2.24) is 5.32 Å². The van der Waals surface area contributed by atoms with Crippen LogP contribution < -0.4 is 10.2 Å². The van der Waals surface area contributed by atoms with Crippen LogP contribution in [0.1, 0.15) is 38.7 Å². The molecule has 2 rings (SSSR count). The lowest BCUT2D eigenvalue weighted by atomic mass is 10.1. The van der Waals surface area contributed by atoms with E-state index in [9.17, 15) is 4.39 Å². The molecule has 0 unspecified atom stereocenters. The molecule has 1 aliphatic rings. The number of anilines is 1. The van der Waals surface area contributed by atoms with Crippen LogP contribution in [0.2, 0.25) is 0 Å². The third-order valence-corrected chi connectivity index (χ3v) is 3.65. The Bertz CT molecular complexity index is 413. The largest absolute Gasteiger partial charge is 0.372 e. The summed E-state index contributed by atoms with van der Waals surface area (Å²) in [4.78, 5) is 2.05. The van der Waals surface area contributed by atoms with Gasteiger partial charge in [-0.3, -0.25) is 0 Å². The fraction of sp³-hybridized carbons (Fsp3) is 0.625. The summed E-state index contributed by atoms with van der Waals surface area (Å²) in [5, 5.41) is 3.47. The van der Waals surface area contributed by atoms with Gasteiger partial charge < -0.3 is 10.2 Å². The molecule has 0 spiro atoms. The molecule has 1 N–H and O–H groups in total. The topological polar surface area (TPSA) is 15.3 Å². The Kier molecular flexibility index (Phi) is 4.81. The van der Waals surface area contributed by atoms with Gasteiger partial charge in [0.05, 0.1) is 5.69 Å². The van der Waals surface area contributed by atoms with Crippen molar-refractivity contribution in [2.45, 2.75) is 45.7 Å². The van der Waals surface area contributed by atoms with Crippen molar-refractivity contribution in [1.29, 1.82) is 0 Å².